The van der Waals surface area contributed by atoms with Gasteiger partial charge < -0.3 is 19.7 Å². The van der Waals surface area contributed by atoms with Gasteiger partial charge in [0.25, 0.3) is 0 Å². The number of phosphoric ester groups is 1. The van der Waals surface area contributed by atoms with E-state index in [1.807, 2.05) is 0 Å². The van der Waals surface area contributed by atoms with Crippen LogP contribution in [0.1, 0.15) is 245 Å². The first-order valence-corrected chi connectivity index (χ1v) is 26.8. The molecule has 0 aliphatic heterocycles. The fourth-order valence-electron chi connectivity index (χ4n) is 7.23. The third kappa shape index (κ3) is 46.0. The first-order valence-electron chi connectivity index (χ1n) is 25.3. The number of phosphoric acid groups is 1. The van der Waals surface area contributed by atoms with Crippen LogP contribution >= 0.6 is 7.82 Å². The number of hydrogen-bond donors (Lipinski definition) is 2. The molecule has 0 rings (SSSR count). The van der Waals surface area contributed by atoms with Crippen molar-refractivity contribution in [3.8, 4) is 0 Å². The average Bonchev–Trinajstić information content (AvgIpc) is 3.23. The molecule has 0 aromatic heterocycles. The zero-order chi connectivity index (χ0) is 43.9. The van der Waals surface area contributed by atoms with E-state index in [4.69, 9.17) is 18.5 Å². The Bertz CT molecular complexity index is 1040. The first-order chi connectivity index (χ1) is 29.3. The molecule has 0 fully saturated rings. The van der Waals surface area contributed by atoms with Gasteiger partial charge >= 0.3 is 19.8 Å². The number of carbonyl (C=O) groups excluding carboxylic acids is 2. The summed E-state index contributed by atoms with van der Waals surface area (Å²) in [5, 5.41) is 2.83. The quantitative estimate of drug-likeness (QED) is 0.0266. The van der Waals surface area contributed by atoms with Crippen molar-refractivity contribution >= 4 is 19.8 Å². The normalized spacial score (nSPS) is 13.3. The Hall–Kier alpha value is -1.51. The molecule has 0 aliphatic carbocycles. The van der Waals surface area contributed by atoms with Gasteiger partial charge in [-0.2, -0.15) is 0 Å². The van der Waals surface area contributed by atoms with E-state index in [1.54, 1.807) is 7.05 Å². The molecule has 0 saturated carbocycles. The van der Waals surface area contributed by atoms with Crippen LogP contribution in [-0.4, -0.2) is 56.3 Å². The molecule has 10 heteroatoms. The Kier molecular flexibility index (Phi) is 45.8. The summed E-state index contributed by atoms with van der Waals surface area (Å²) >= 11 is 0. The van der Waals surface area contributed by atoms with E-state index >= 15 is 0 Å². The van der Waals surface area contributed by atoms with E-state index in [0.29, 0.717) is 13.0 Å². The molecule has 0 aliphatic rings. The highest BCUT2D eigenvalue weighted by Crippen LogP contribution is 2.43. The Morgan fingerprint density at radius 2 is 0.900 bits per heavy atom. The van der Waals surface area contributed by atoms with Crippen LogP contribution in [0.2, 0.25) is 0 Å². The lowest BCUT2D eigenvalue weighted by atomic mass is 10.0. The number of ether oxygens (including phenoxy) is 2. The van der Waals surface area contributed by atoms with Gasteiger partial charge in [-0.05, 0) is 52.0 Å². The third-order valence-electron chi connectivity index (χ3n) is 11.1. The lowest BCUT2D eigenvalue weighted by Gasteiger charge is -2.20. The predicted molar refractivity (Wildman–Crippen MR) is 252 cm³/mol. The van der Waals surface area contributed by atoms with Gasteiger partial charge in [0.05, 0.1) is 13.2 Å². The molecule has 0 bridgehead atoms. The molecule has 2 unspecified atom stereocenters. The van der Waals surface area contributed by atoms with E-state index in [-0.39, 0.29) is 32.0 Å². The number of hydrogen-bond acceptors (Lipinski definition) is 8. The van der Waals surface area contributed by atoms with E-state index in [2.05, 4.69) is 43.5 Å². The first kappa shape index (κ1) is 58.5. The summed E-state index contributed by atoms with van der Waals surface area (Å²) in [5.41, 5.74) is 0. The lowest BCUT2D eigenvalue weighted by Crippen LogP contribution is -2.29. The van der Waals surface area contributed by atoms with Gasteiger partial charge in [-0.3, -0.25) is 18.6 Å². The molecular weight excluding hydrogens is 774 g/mol. The van der Waals surface area contributed by atoms with Crippen molar-refractivity contribution in [1.82, 2.24) is 5.32 Å². The van der Waals surface area contributed by atoms with Gasteiger partial charge in [-0.15, -0.1) is 0 Å². The summed E-state index contributed by atoms with van der Waals surface area (Å²) in [5.74, 6) is -0.803. The van der Waals surface area contributed by atoms with Crippen molar-refractivity contribution in [2.45, 2.75) is 251 Å². The summed E-state index contributed by atoms with van der Waals surface area (Å²) in [6.07, 6.45) is 50.8. The molecule has 0 radical (unpaired) electrons. The van der Waals surface area contributed by atoms with Crippen molar-refractivity contribution in [3.05, 3.63) is 24.3 Å². The molecule has 0 saturated heterocycles. The minimum absolute atomic E-state index is 0.0160. The van der Waals surface area contributed by atoms with Crippen LogP contribution in [0, 0.1) is 0 Å². The predicted octanol–water partition coefficient (Wildman–Crippen LogP) is 15.0. The fourth-order valence-corrected chi connectivity index (χ4v) is 7.98. The zero-order valence-corrected chi connectivity index (χ0v) is 40.3. The summed E-state index contributed by atoms with van der Waals surface area (Å²) in [4.78, 5) is 35.2. The molecule has 0 aromatic carbocycles. The van der Waals surface area contributed by atoms with Gasteiger partial charge in [0.1, 0.15) is 6.61 Å². The van der Waals surface area contributed by atoms with Crippen molar-refractivity contribution in [2.75, 3.05) is 33.4 Å². The molecule has 9 nitrogen and oxygen atoms in total. The second kappa shape index (κ2) is 47.0. The second-order valence-corrected chi connectivity index (χ2v) is 18.5. The lowest BCUT2D eigenvalue weighted by molar-refractivity contribution is -0.161. The third-order valence-corrected chi connectivity index (χ3v) is 12.1. The average molecular weight is 870 g/mol. The number of allylic oxidation sites excluding steroid dienone is 4. The van der Waals surface area contributed by atoms with Gasteiger partial charge in [0, 0.05) is 19.4 Å². The minimum atomic E-state index is -4.35. The van der Waals surface area contributed by atoms with Crippen LogP contribution in [0.4, 0.5) is 0 Å². The smallest absolute Gasteiger partial charge is 0.462 e. The largest absolute Gasteiger partial charge is 0.472 e. The molecule has 0 spiro atoms. The Morgan fingerprint density at radius 3 is 1.35 bits per heavy atom. The topological polar surface area (TPSA) is 120 Å². The number of rotatable bonds is 48. The molecule has 0 amide bonds. The summed E-state index contributed by atoms with van der Waals surface area (Å²) < 4.78 is 33.3. The maximum Gasteiger partial charge on any atom is 0.472 e. The van der Waals surface area contributed by atoms with Crippen LogP contribution in [0.25, 0.3) is 0 Å². The zero-order valence-electron chi connectivity index (χ0n) is 39.4. The van der Waals surface area contributed by atoms with Gasteiger partial charge in [-0.25, -0.2) is 4.57 Å². The van der Waals surface area contributed by atoms with Crippen molar-refractivity contribution in [3.63, 3.8) is 0 Å². The van der Waals surface area contributed by atoms with Crippen LogP contribution < -0.4 is 5.32 Å². The number of esters is 2. The van der Waals surface area contributed by atoms with Crippen LogP contribution in [-0.2, 0) is 32.7 Å². The summed E-state index contributed by atoms with van der Waals surface area (Å²) in [6.45, 7) is 4.24. The fraction of sp³-hybridized carbons (Fsp3) is 0.880. The van der Waals surface area contributed by atoms with E-state index in [1.165, 1.54) is 161 Å². The standard InChI is InChI=1S/C50H96NO8P/c1-4-6-8-10-12-14-16-18-20-22-23-24-25-27-29-31-33-35-37-39-41-43-50(53)59-48(47-58-60(54,55)57-45-44-51-3)46-56-49(52)42-40-38-36-34-32-30-28-26-21-19-17-15-13-11-9-7-5-2/h13,15,19,21,48,51H,4-12,14,16-18,20,22-47H2,1-3H3,(H,54,55)/b15-13-,21-19-. The SMILES string of the molecule is CCCCC/C=C\C/C=C\CCCCCCCCCC(=O)OCC(COP(=O)(O)OCCNC)OC(=O)CCCCCCCCCCCCCCCCCCCCCCC. The van der Waals surface area contributed by atoms with Crippen LogP contribution in [0.3, 0.4) is 0 Å². The van der Waals surface area contributed by atoms with E-state index in [0.717, 1.165) is 51.4 Å². The Labute approximate surface area is 370 Å². The summed E-state index contributed by atoms with van der Waals surface area (Å²) in [7, 11) is -2.65. The molecule has 0 heterocycles. The molecule has 354 valence electrons. The molecule has 2 N–H and O–H groups in total. The monoisotopic (exact) mass is 870 g/mol. The molecule has 0 aromatic rings. The van der Waals surface area contributed by atoms with Crippen molar-refractivity contribution < 1.29 is 37.6 Å². The molecule has 2 atom stereocenters. The number of carbonyl (C=O) groups is 2. The van der Waals surface area contributed by atoms with Gasteiger partial charge in [0.15, 0.2) is 6.10 Å². The van der Waals surface area contributed by atoms with E-state index < -0.39 is 26.5 Å². The highest BCUT2D eigenvalue weighted by molar-refractivity contribution is 7.47. The number of likely N-dealkylation sites (N-methyl/N-ethyl adjacent to an activating group) is 1. The van der Waals surface area contributed by atoms with Gasteiger partial charge in [0.2, 0.25) is 0 Å². The maximum absolute atomic E-state index is 12.7. The molecular formula is C50H96NO8P. The van der Waals surface area contributed by atoms with Gasteiger partial charge in [-0.1, -0.05) is 212 Å². The second-order valence-electron chi connectivity index (χ2n) is 17.0. The Balaban J connectivity index is 4.10. The highest BCUT2D eigenvalue weighted by atomic mass is 31.2. The van der Waals surface area contributed by atoms with E-state index in [9.17, 15) is 19.0 Å². The number of unbranched alkanes of at least 4 members (excludes halogenated alkanes) is 30. The van der Waals surface area contributed by atoms with Crippen LogP contribution in [0.15, 0.2) is 24.3 Å². The Morgan fingerprint density at radius 1 is 0.517 bits per heavy atom. The highest BCUT2D eigenvalue weighted by Gasteiger charge is 2.26. The maximum atomic E-state index is 12.7. The minimum Gasteiger partial charge on any atom is -0.462 e. The van der Waals surface area contributed by atoms with Crippen molar-refractivity contribution in [2.24, 2.45) is 0 Å². The van der Waals surface area contributed by atoms with Crippen LogP contribution in [0.5, 0.6) is 0 Å². The molecule has 60 heavy (non-hydrogen) atoms. The summed E-state index contributed by atoms with van der Waals surface area (Å²) in [6, 6.07) is 0. The van der Waals surface area contributed by atoms with Crippen molar-refractivity contribution in [1.29, 1.82) is 0 Å². The number of nitrogens with one attached hydrogen (secondary N) is 1.